The Labute approximate surface area is 120 Å². The Morgan fingerprint density at radius 2 is 1.80 bits per heavy atom. The van der Waals surface area contributed by atoms with Crippen LogP contribution in [0.1, 0.15) is 11.8 Å². The maximum atomic E-state index is 13.5. The van der Waals surface area contributed by atoms with Gasteiger partial charge in [0.05, 0.1) is 15.6 Å². The smallest absolute Gasteiger partial charge is 0.267 e. The van der Waals surface area contributed by atoms with Crippen LogP contribution in [0.2, 0.25) is 5.02 Å². The lowest BCUT2D eigenvalue weighted by Gasteiger charge is -2.21. The van der Waals surface area contributed by atoms with Gasteiger partial charge in [-0.2, -0.15) is 0 Å². The summed E-state index contributed by atoms with van der Waals surface area (Å²) in [6.07, 6.45) is -1.54. The molecule has 0 bridgehead atoms. The highest BCUT2D eigenvalue weighted by atomic mass is 35.5. The van der Waals surface area contributed by atoms with Crippen LogP contribution in [-0.2, 0) is 10.0 Å². The second-order valence-electron chi connectivity index (χ2n) is 4.28. The van der Waals surface area contributed by atoms with Crippen molar-refractivity contribution in [2.75, 3.05) is 4.31 Å². The first-order chi connectivity index (χ1) is 9.44. The predicted octanol–water partition coefficient (Wildman–Crippen LogP) is 2.68. The fourth-order valence-corrected chi connectivity index (χ4v) is 4.25. The van der Waals surface area contributed by atoms with E-state index in [2.05, 4.69) is 0 Å². The first-order valence-electron chi connectivity index (χ1n) is 5.70. The third-order valence-electron chi connectivity index (χ3n) is 3.12. The van der Waals surface area contributed by atoms with Crippen LogP contribution in [0.25, 0.3) is 0 Å². The predicted molar refractivity (Wildman–Crippen MR) is 72.5 cm³/mol. The van der Waals surface area contributed by atoms with Gasteiger partial charge in [0, 0.05) is 5.56 Å². The molecule has 2 aromatic carbocycles. The topological polar surface area (TPSA) is 57.6 Å². The normalized spacial score (nSPS) is 19.9. The summed E-state index contributed by atoms with van der Waals surface area (Å²) >= 11 is 5.79. The van der Waals surface area contributed by atoms with Crippen molar-refractivity contribution in [1.82, 2.24) is 0 Å². The van der Waals surface area contributed by atoms with Crippen LogP contribution in [0.5, 0.6) is 0 Å². The molecule has 3 rings (SSSR count). The third kappa shape index (κ3) is 1.72. The van der Waals surface area contributed by atoms with Crippen molar-refractivity contribution in [1.29, 1.82) is 0 Å². The van der Waals surface area contributed by atoms with Crippen molar-refractivity contribution in [3.8, 4) is 0 Å². The van der Waals surface area contributed by atoms with Crippen LogP contribution >= 0.6 is 11.6 Å². The Kier molecular flexibility index (Phi) is 2.97. The van der Waals surface area contributed by atoms with Crippen molar-refractivity contribution in [3.63, 3.8) is 0 Å². The summed E-state index contributed by atoms with van der Waals surface area (Å²) in [6.45, 7) is 0. The molecule has 0 saturated heterocycles. The molecule has 1 aliphatic rings. The van der Waals surface area contributed by atoms with E-state index in [-0.39, 0.29) is 21.2 Å². The summed E-state index contributed by atoms with van der Waals surface area (Å²) < 4.78 is 39.2. The van der Waals surface area contributed by atoms with Crippen molar-refractivity contribution in [2.24, 2.45) is 0 Å². The molecule has 0 radical (unpaired) electrons. The number of fused-ring (bicyclic) bond motifs is 1. The zero-order valence-electron chi connectivity index (χ0n) is 9.99. The fourth-order valence-electron chi connectivity index (χ4n) is 2.22. The number of hydrogen-bond acceptors (Lipinski definition) is 3. The van der Waals surface area contributed by atoms with Crippen LogP contribution in [0.4, 0.5) is 10.1 Å². The van der Waals surface area contributed by atoms with Gasteiger partial charge in [-0.05, 0) is 24.3 Å². The van der Waals surface area contributed by atoms with E-state index in [0.717, 1.165) is 16.4 Å². The summed E-state index contributed by atoms with van der Waals surface area (Å²) in [5.74, 6) is -0.769. The summed E-state index contributed by atoms with van der Waals surface area (Å²) in [4.78, 5) is -0.180. The molecule has 0 amide bonds. The Balaban J connectivity index is 2.27. The van der Waals surface area contributed by atoms with Gasteiger partial charge in [-0.25, -0.2) is 17.1 Å². The van der Waals surface area contributed by atoms with Gasteiger partial charge in [-0.3, -0.25) is 0 Å². The number of para-hydroxylation sites is 1. The molecule has 104 valence electrons. The molecule has 2 aromatic rings. The standard InChI is InChI=1S/C13H9ClFNO3S/c14-12-9(15)6-7-10-11(12)13(17)16(20(10,18)19)8-4-2-1-3-5-8/h1-7,13,17H. The van der Waals surface area contributed by atoms with Gasteiger partial charge in [-0.15, -0.1) is 0 Å². The fraction of sp³-hybridized carbons (Fsp3) is 0.0769. The van der Waals surface area contributed by atoms with E-state index in [4.69, 9.17) is 11.6 Å². The van der Waals surface area contributed by atoms with Gasteiger partial charge >= 0.3 is 0 Å². The van der Waals surface area contributed by atoms with Gasteiger partial charge in [0.2, 0.25) is 0 Å². The maximum absolute atomic E-state index is 13.5. The minimum absolute atomic E-state index is 0.129. The van der Waals surface area contributed by atoms with E-state index in [0.29, 0.717) is 0 Å². The number of anilines is 1. The van der Waals surface area contributed by atoms with Gasteiger partial charge in [0.25, 0.3) is 10.0 Å². The summed E-state index contributed by atoms with van der Waals surface area (Å²) in [5, 5.41) is 9.85. The molecule has 0 aliphatic carbocycles. The van der Waals surface area contributed by atoms with Crippen molar-refractivity contribution < 1.29 is 17.9 Å². The van der Waals surface area contributed by atoms with Crippen molar-refractivity contribution >= 4 is 27.3 Å². The number of nitrogens with zero attached hydrogens (tertiary/aromatic N) is 1. The maximum Gasteiger partial charge on any atom is 0.267 e. The first kappa shape index (κ1) is 13.4. The number of benzene rings is 2. The van der Waals surface area contributed by atoms with Crippen molar-refractivity contribution in [3.05, 3.63) is 58.9 Å². The molecule has 0 spiro atoms. The number of sulfonamides is 1. The van der Waals surface area contributed by atoms with E-state index in [9.17, 15) is 17.9 Å². The number of halogens is 2. The quantitative estimate of drug-likeness (QED) is 0.880. The molecule has 0 saturated carbocycles. The molecule has 1 unspecified atom stereocenters. The summed E-state index contributed by atoms with van der Waals surface area (Å²) in [7, 11) is -3.96. The molecule has 1 atom stereocenters. The van der Waals surface area contributed by atoms with Crippen molar-refractivity contribution in [2.45, 2.75) is 11.1 Å². The number of hydrogen-bond donors (Lipinski definition) is 1. The lowest BCUT2D eigenvalue weighted by molar-refractivity contribution is 0.193. The van der Waals surface area contributed by atoms with Gasteiger partial charge in [0.1, 0.15) is 5.82 Å². The Morgan fingerprint density at radius 1 is 1.15 bits per heavy atom. The SMILES string of the molecule is O=S1(=O)c2ccc(F)c(Cl)c2C(O)N1c1ccccc1. The van der Waals surface area contributed by atoms with Gasteiger partial charge in [0.15, 0.2) is 6.23 Å². The summed E-state index contributed by atoms with van der Waals surface area (Å²) in [5.41, 5.74) is 0.156. The Bertz CT molecular complexity index is 780. The molecule has 1 heterocycles. The molecular formula is C13H9ClFNO3S. The third-order valence-corrected chi connectivity index (χ3v) is 5.34. The highest BCUT2D eigenvalue weighted by Crippen LogP contribution is 2.44. The van der Waals surface area contributed by atoms with Crippen LogP contribution in [0.3, 0.4) is 0 Å². The Morgan fingerprint density at radius 3 is 2.45 bits per heavy atom. The molecule has 4 nitrogen and oxygen atoms in total. The molecule has 20 heavy (non-hydrogen) atoms. The lowest BCUT2D eigenvalue weighted by atomic mass is 10.2. The summed E-state index contributed by atoms with van der Waals surface area (Å²) in [6, 6.07) is 10.2. The number of aliphatic hydroxyl groups excluding tert-OH is 1. The van der Waals surface area contributed by atoms with E-state index in [1.54, 1.807) is 18.2 Å². The first-order valence-corrected chi connectivity index (χ1v) is 7.52. The monoisotopic (exact) mass is 313 g/mol. The Hall–Kier alpha value is -1.63. The second kappa shape index (κ2) is 4.44. The zero-order chi connectivity index (χ0) is 14.5. The second-order valence-corrected chi connectivity index (χ2v) is 6.44. The highest BCUT2D eigenvalue weighted by molar-refractivity contribution is 7.93. The van der Waals surface area contributed by atoms with E-state index >= 15 is 0 Å². The van der Waals surface area contributed by atoms with Crippen LogP contribution < -0.4 is 4.31 Å². The van der Waals surface area contributed by atoms with E-state index < -0.39 is 22.1 Å². The molecule has 0 fully saturated rings. The van der Waals surface area contributed by atoms with Crippen LogP contribution in [0, 0.1) is 5.82 Å². The minimum atomic E-state index is -3.96. The molecule has 1 N–H and O–H groups in total. The molecular weight excluding hydrogens is 305 g/mol. The van der Waals surface area contributed by atoms with Gasteiger partial charge in [-0.1, -0.05) is 29.8 Å². The lowest BCUT2D eigenvalue weighted by Crippen LogP contribution is -2.27. The average molecular weight is 314 g/mol. The van der Waals surface area contributed by atoms with Crippen LogP contribution in [0.15, 0.2) is 47.4 Å². The molecule has 7 heteroatoms. The number of aliphatic hydroxyl groups is 1. The van der Waals surface area contributed by atoms with Crippen LogP contribution in [-0.4, -0.2) is 13.5 Å². The molecule has 0 aromatic heterocycles. The largest absolute Gasteiger partial charge is 0.368 e. The van der Waals surface area contributed by atoms with E-state index in [1.807, 2.05) is 0 Å². The zero-order valence-corrected chi connectivity index (χ0v) is 11.6. The van der Waals surface area contributed by atoms with Gasteiger partial charge < -0.3 is 5.11 Å². The molecule has 1 aliphatic heterocycles. The average Bonchev–Trinajstić information content (AvgIpc) is 2.62. The minimum Gasteiger partial charge on any atom is -0.368 e. The number of rotatable bonds is 1. The highest BCUT2D eigenvalue weighted by Gasteiger charge is 2.44. The van der Waals surface area contributed by atoms with E-state index in [1.165, 1.54) is 12.1 Å².